The van der Waals surface area contributed by atoms with Gasteiger partial charge in [-0.25, -0.2) is 13.1 Å². The minimum Gasteiger partial charge on any atom is -0.337 e. The highest BCUT2D eigenvalue weighted by atomic mass is 32.2. The van der Waals surface area contributed by atoms with Crippen LogP contribution in [-0.2, 0) is 21.4 Å². The topological polar surface area (TPSA) is 79.4 Å². The SMILES string of the molecule is CC(=O)N(CCNS(=O)(=O)c1ccc(C(C)C)cc1)Cc1ccncc1. The molecule has 1 amide bonds. The Morgan fingerprint density at radius 3 is 2.27 bits per heavy atom. The lowest BCUT2D eigenvalue weighted by atomic mass is 10.0. The number of carbonyl (C=O) groups excluding carboxylic acids is 1. The van der Waals surface area contributed by atoms with Crippen molar-refractivity contribution in [1.82, 2.24) is 14.6 Å². The summed E-state index contributed by atoms with van der Waals surface area (Å²) in [5.74, 6) is 0.235. The van der Waals surface area contributed by atoms with Crippen LogP contribution in [0.1, 0.15) is 37.8 Å². The van der Waals surface area contributed by atoms with Gasteiger partial charge in [0.25, 0.3) is 0 Å². The molecule has 1 aromatic heterocycles. The molecule has 7 heteroatoms. The van der Waals surface area contributed by atoms with E-state index in [4.69, 9.17) is 0 Å². The largest absolute Gasteiger partial charge is 0.337 e. The minimum absolute atomic E-state index is 0.109. The van der Waals surface area contributed by atoms with Crippen molar-refractivity contribution in [1.29, 1.82) is 0 Å². The van der Waals surface area contributed by atoms with E-state index in [1.807, 2.05) is 24.3 Å². The third kappa shape index (κ3) is 5.64. The number of rotatable bonds is 8. The van der Waals surface area contributed by atoms with Gasteiger partial charge in [0.1, 0.15) is 0 Å². The van der Waals surface area contributed by atoms with Crippen LogP contribution in [0.25, 0.3) is 0 Å². The zero-order valence-electron chi connectivity index (χ0n) is 15.3. The zero-order valence-corrected chi connectivity index (χ0v) is 16.2. The molecule has 0 fully saturated rings. The number of pyridine rings is 1. The Kier molecular flexibility index (Phi) is 6.88. The maximum atomic E-state index is 12.4. The third-order valence-corrected chi connectivity index (χ3v) is 5.58. The van der Waals surface area contributed by atoms with Crippen molar-refractivity contribution in [2.75, 3.05) is 13.1 Å². The number of sulfonamides is 1. The molecule has 1 aromatic carbocycles. The van der Waals surface area contributed by atoms with E-state index < -0.39 is 10.0 Å². The van der Waals surface area contributed by atoms with Crippen LogP contribution >= 0.6 is 0 Å². The number of aromatic nitrogens is 1. The molecule has 1 N–H and O–H groups in total. The van der Waals surface area contributed by atoms with Gasteiger partial charge in [0, 0.05) is 39.0 Å². The van der Waals surface area contributed by atoms with E-state index in [0.29, 0.717) is 19.0 Å². The quantitative estimate of drug-likeness (QED) is 0.769. The Balaban J connectivity index is 1.96. The van der Waals surface area contributed by atoms with Gasteiger partial charge in [-0.05, 0) is 41.3 Å². The van der Waals surface area contributed by atoms with E-state index in [2.05, 4.69) is 23.6 Å². The lowest BCUT2D eigenvalue weighted by Crippen LogP contribution is -2.37. The number of nitrogens with zero attached hydrogens (tertiary/aromatic N) is 2. The first-order chi connectivity index (χ1) is 12.3. The normalized spacial score (nSPS) is 11.5. The highest BCUT2D eigenvalue weighted by molar-refractivity contribution is 7.89. The highest BCUT2D eigenvalue weighted by Gasteiger charge is 2.15. The van der Waals surface area contributed by atoms with E-state index in [9.17, 15) is 13.2 Å². The smallest absolute Gasteiger partial charge is 0.240 e. The molecule has 0 aliphatic carbocycles. The zero-order chi connectivity index (χ0) is 19.2. The van der Waals surface area contributed by atoms with Crippen LogP contribution in [0.5, 0.6) is 0 Å². The number of hydrogen-bond donors (Lipinski definition) is 1. The Morgan fingerprint density at radius 2 is 1.73 bits per heavy atom. The summed E-state index contributed by atoms with van der Waals surface area (Å²) >= 11 is 0. The van der Waals surface area contributed by atoms with Crippen molar-refractivity contribution < 1.29 is 13.2 Å². The van der Waals surface area contributed by atoms with Gasteiger partial charge in [-0.2, -0.15) is 0 Å². The summed E-state index contributed by atoms with van der Waals surface area (Å²) in [7, 11) is -3.59. The molecule has 0 radical (unpaired) electrons. The molecule has 0 saturated heterocycles. The van der Waals surface area contributed by atoms with Crippen LogP contribution in [0.15, 0.2) is 53.7 Å². The van der Waals surface area contributed by atoms with Crippen molar-refractivity contribution in [2.45, 2.75) is 38.1 Å². The van der Waals surface area contributed by atoms with Crippen LogP contribution < -0.4 is 4.72 Å². The van der Waals surface area contributed by atoms with Crippen LogP contribution in [0, 0.1) is 0 Å². The van der Waals surface area contributed by atoms with E-state index in [0.717, 1.165) is 11.1 Å². The van der Waals surface area contributed by atoms with Crippen molar-refractivity contribution in [2.24, 2.45) is 0 Å². The monoisotopic (exact) mass is 375 g/mol. The van der Waals surface area contributed by atoms with Crippen molar-refractivity contribution in [3.8, 4) is 0 Å². The van der Waals surface area contributed by atoms with Gasteiger partial charge in [0.15, 0.2) is 0 Å². The number of hydrogen-bond acceptors (Lipinski definition) is 4. The molecule has 0 aliphatic rings. The summed E-state index contributed by atoms with van der Waals surface area (Å²) < 4.78 is 27.4. The lowest BCUT2D eigenvalue weighted by molar-refractivity contribution is -0.129. The van der Waals surface area contributed by atoms with Crippen LogP contribution in [0.3, 0.4) is 0 Å². The summed E-state index contributed by atoms with van der Waals surface area (Å²) in [6.45, 7) is 6.45. The molecule has 0 saturated carbocycles. The first-order valence-corrected chi connectivity index (χ1v) is 10.0. The van der Waals surface area contributed by atoms with Gasteiger partial charge in [-0.1, -0.05) is 26.0 Å². The maximum Gasteiger partial charge on any atom is 0.240 e. The molecule has 0 aliphatic heterocycles. The minimum atomic E-state index is -3.59. The van der Waals surface area contributed by atoms with Crippen LogP contribution in [0.4, 0.5) is 0 Å². The molecular weight excluding hydrogens is 350 g/mol. The fourth-order valence-electron chi connectivity index (χ4n) is 2.49. The Bertz CT molecular complexity index is 819. The second-order valence-electron chi connectivity index (χ2n) is 6.42. The van der Waals surface area contributed by atoms with Gasteiger partial charge in [-0.3, -0.25) is 9.78 Å². The molecule has 1 heterocycles. The lowest BCUT2D eigenvalue weighted by Gasteiger charge is -2.21. The summed E-state index contributed by atoms with van der Waals surface area (Å²) in [6.07, 6.45) is 3.33. The number of carbonyl (C=O) groups is 1. The summed E-state index contributed by atoms with van der Waals surface area (Å²) in [5.41, 5.74) is 2.03. The molecule has 140 valence electrons. The standard InChI is InChI=1S/C19H25N3O3S/c1-15(2)18-4-6-19(7-5-18)26(24,25)21-12-13-22(16(3)23)14-17-8-10-20-11-9-17/h4-11,15,21H,12-14H2,1-3H3. The average Bonchev–Trinajstić information content (AvgIpc) is 2.61. The average molecular weight is 375 g/mol. The second-order valence-corrected chi connectivity index (χ2v) is 8.18. The summed E-state index contributed by atoms with van der Waals surface area (Å²) in [5, 5.41) is 0. The first kappa shape index (κ1) is 20.1. The van der Waals surface area contributed by atoms with Gasteiger partial charge >= 0.3 is 0 Å². The third-order valence-electron chi connectivity index (χ3n) is 4.10. The van der Waals surface area contributed by atoms with Crippen molar-refractivity contribution in [3.63, 3.8) is 0 Å². The van der Waals surface area contributed by atoms with Crippen LogP contribution in [0.2, 0.25) is 0 Å². The number of nitrogens with one attached hydrogen (secondary N) is 1. The van der Waals surface area contributed by atoms with Crippen molar-refractivity contribution >= 4 is 15.9 Å². The molecule has 6 nitrogen and oxygen atoms in total. The molecule has 0 unspecified atom stereocenters. The molecule has 0 bridgehead atoms. The Hall–Kier alpha value is -2.25. The van der Waals surface area contributed by atoms with Gasteiger partial charge in [-0.15, -0.1) is 0 Å². The molecular formula is C19H25N3O3S. The van der Waals surface area contributed by atoms with Gasteiger partial charge < -0.3 is 4.90 Å². The van der Waals surface area contributed by atoms with E-state index in [-0.39, 0.29) is 17.3 Å². The number of benzene rings is 1. The molecule has 0 spiro atoms. The summed E-state index contributed by atoms with van der Waals surface area (Å²) in [6, 6.07) is 10.5. The molecule has 2 aromatic rings. The molecule has 26 heavy (non-hydrogen) atoms. The van der Waals surface area contributed by atoms with E-state index in [1.165, 1.54) is 6.92 Å². The maximum absolute atomic E-state index is 12.4. The fraction of sp³-hybridized carbons (Fsp3) is 0.368. The predicted molar refractivity (Wildman–Crippen MR) is 101 cm³/mol. The molecule has 2 rings (SSSR count). The second kappa shape index (κ2) is 8.91. The predicted octanol–water partition coefficient (Wildman–Crippen LogP) is 2.53. The first-order valence-electron chi connectivity index (χ1n) is 8.53. The van der Waals surface area contributed by atoms with Gasteiger partial charge in [0.2, 0.25) is 15.9 Å². The fourth-order valence-corrected chi connectivity index (χ4v) is 3.51. The number of amides is 1. The van der Waals surface area contributed by atoms with E-state index in [1.54, 1.807) is 29.4 Å². The van der Waals surface area contributed by atoms with Gasteiger partial charge in [0.05, 0.1) is 4.90 Å². The van der Waals surface area contributed by atoms with Crippen molar-refractivity contribution in [3.05, 3.63) is 59.9 Å². The highest BCUT2D eigenvalue weighted by Crippen LogP contribution is 2.17. The Morgan fingerprint density at radius 1 is 1.12 bits per heavy atom. The molecule has 0 atom stereocenters. The van der Waals surface area contributed by atoms with Crippen LogP contribution in [-0.4, -0.2) is 37.3 Å². The van der Waals surface area contributed by atoms with E-state index >= 15 is 0 Å². The summed E-state index contributed by atoms with van der Waals surface area (Å²) in [4.78, 5) is 17.6. The Labute approximate surface area is 155 Å².